The Bertz CT molecular complexity index is 1540. The predicted octanol–water partition coefficient (Wildman–Crippen LogP) is 5.65. The van der Waals surface area contributed by atoms with Crippen LogP contribution < -0.4 is 10.5 Å². The summed E-state index contributed by atoms with van der Waals surface area (Å²) in [5, 5.41) is 0. The molecule has 42 heavy (non-hydrogen) atoms. The minimum absolute atomic E-state index is 0.141. The summed E-state index contributed by atoms with van der Waals surface area (Å²) in [6, 6.07) is 21.1. The zero-order valence-corrected chi connectivity index (χ0v) is 24.9. The second kappa shape index (κ2) is 12.7. The maximum Gasteiger partial charge on any atom is 0.224 e. The van der Waals surface area contributed by atoms with Crippen LogP contribution in [0, 0.1) is 6.92 Å². The summed E-state index contributed by atoms with van der Waals surface area (Å²) >= 11 is 0. The van der Waals surface area contributed by atoms with Crippen LogP contribution in [-0.4, -0.2) is 59.8 Å². The van der Waals surface area contributed by atoms with Gasteiger partial charge < -0.3 is 24.7 Å². The van der Waals surface area contributed by atoms with Crippen LogP contribution in [0.5, 0.6) is 5.75 Å². The van der Waals surface area contributed by atoms with Crippen LogP contribution in [0.15, 0.2) is 60.7 Å². The number of nitrogens with zero attached hydrogens (tertiary/aromatic N) is 3. The third-order valence-electron chi connectivity index (χ3n) is 8.79. The lowest BCUT2D eigenvalue weighted by molar-refractivity contribution is -0.132. The number of aryl methyl sites for hydroxylation is 2. The summed E-state index contributed by atoms with van der Waals surface area (Å²) in [6.07, 6.45) is 4.93. The number of fused-ring (bicyclic) bond motifs is 2. The van der Waals surface area contributed by atoms with E-state index in [0.717, 1.165) is 68.0 Å². The molecule has 1 aromatic heterocycles. The molecule has 3 heterocycles. The SMILES string of the molecule is COCCCn1c(C2CCCN(C(=O)CC(N)Cc3ccc(-c4ccc5c(c4)CCO5)cc3)C2)nc2c(C)cccc21. The number of imidazole rings is 1. The first-order valence-corrected chi connectivity index (χ1v) is 15.3. The van der Waals surface area contributed by atoms with E-state index >= 15 is 0 Å². The van der Waals surface area contributed by atoms with E-state index in [1.807, 2.05) is 4.90 Å². The lowest BCUT2D eigenvalue weighted by Gasteiger charge is -2.33. The minimum Gasteiger partial charge on any atom is -0.493 e. The average Bonchev–Trinajstić information content (AvgIpc) is 3.63. The molecule has 4 aromatic rings. The molecule has 2 aliphatic rings. The molecule has 7 heteroatoms. The fourth-order valence-corrected chi connectivity index (χ4v) is 6.56. The van der Waals surface area contributed by atoms with Crippen molar-refractivity contribution in [1.82, 2.24) is 14.5 Å². The molecule has 1 amide bonds. The fraction of sp³-hybridized carbons (Fsp3) is 0.429. The molecule has 0 radical (unpaired) electrons. The van der Waals surface area contributed by atoms with Crippen molar-refractivity contribution in [2.45, 2.75) is 64.0 Å². The smallest absolute Gasteiger partial charge is 0.224 e. The Morgan fingerprint density at radius 2 is 1.98 bits per heavy atom. The van der Waals surface area contributed by atoms with E-state index in [-0.39, 0.29) is 17.9 Å². The molecule has 2 atom stereocenters. The summed E-state index contributed by atoms with van der Waals surface area (Å²) in [4.78, 5) is 20.6. The summed E-state index contributed by atoms with van der Waals surface area (Å²) in [7, 11) is 1.74. The van der Waals surface area contributed by atoms with Crippen molar-refractivity contribution in [1.29, 1.82) is 0 Å². The fourth-order valence-electron chi connectivity index (χ4n) is 6.56. The quantitative estimate of drug-likeness (QED) is 0.251. The predicted molar refractivity (Wildman–Crippen MR) is 167 cm³/mol. The normalized spacial score (nSPS) is 17.3. The highest BCUT2D eigenvalue weighted by atomic mass is 16.5. The summed E-state index contributed by atoms with van der Waals surface area (Å²) in [5.74, 6) is 2.45. The van der Waals surface area contributed by atoms with E-state index in [1.165, 1.54) is 27.8 Å². The average molecular weight is 567 g/mol. The Hall–Kier alpha value is -3.68. The maximum absolute atomic E-state index is 13.4. The molecule has 0 bridgehead atoms. The zero-order chi connectivity index (χ0) is 29.1. The van der Waals surface area contributed by atoms with Gasteiger partial charge in [0.05, 0.1) is 17.6 Å². The number of carbonyl (C=O) groups excluding carboxylic acids is 1. The molecule has 220 valence electrons. The van der Waals surface area contributed by atoms with Gasteiger partial charge in [-0.3, -0.25) is 4.79 Å². The monoisotopic (exact) mass is 566 g/mol. The molecule has 1 saturated heterocycles. The van der Waals surface area contributed by atoms with Gasteiger partial charge in [0.1, 0.15) is 11.6 Å². The third-order valence-corrected chi connectivity index (χ3v) is 8.79. The van der Waals surface area contributed by atoms with E-state index in [2.05, 4.69) is 72.2 Å². The largest absolute Gasteiger partial charge is 0.493 e. The van der Waals surface area contributed by atoms with Gasteiger partial charge in [0.25, 0.3) is 0 Å². The van der Waals surface area contributed by atoms with Crippen LogP contribution in [0.4, 0.5) is 0 Å². The number of nitrogens with two attached hydrogens (primary N) is 1. The van der Waals surface area contributed by atoms with Crippen LogP contribution in [0.1, 0.15) is 54.1 Å². The van der Waals surface area contributed by atoms with Crippen LogP contribution in [0.25, 0.3) is 22.2 Å². The second-order valence-electron chi connectivity index (χ2n) is 11.9. The Morgan fingerprint density at radius 1 is 1.14 bits per heavy atom. The number of amides is 1. The van der Waals surface area contributed by atoms with Gasteiger partial charge in [-0.2, -0.15) is 0 Å². The lowest BCUT2D eigenvalue weighted by atomic mass is 9.95. The first kappa shape index (κ1) is 28.4. The second-order valence-corrected chi connectivity index (χ2v) is 11.9. The topological polar surface area (TPSA) is 82.6 Å². The van der Waals surface area contributed by atoms with Crippen molar-refractivity contribution >= 4 is 16.9 Å². The van der Waals surface area contributed by atoms with Gasteiger partial charge in [-0.25, -0.2) is 4.98 Å². The Labute approximate surface area is 248 Å². The number of carbonyl (C=O) groups is 1. The standard InChI is InChI=1S/C35H42N4O3/c1-24-6-3-8-31-34(24)37-35(39(31)17-5-18-41-2)29-7-4-16-38(23-29)33(40)22-30(36)20-25-9-11-26(12-10-25)27-13-14-32-28(21-27)15-19-42-32/h3,6,8-14,21,29-30H,4-5,7,15-20,22-23,36H2,1-2H3. The molecule has 3 aromatic carbocycles. The van der Waals surface area contributed by atoms with Crippen molar-refractivity contribution in [3.05, 3.63) is 83.2 Å². The molecule has 0 spiro atoms. The minimum atomic E-state index is -0.220. The van der Waals surface area contributed by atoms with Gasteiger partial charge >= 0.3 is 0 Å². The molecule has 2 aliphatic heterocycles. The molecule has 0 aliphatic carbocycles. The van der Waals surface area contributed by atoms with E-state index in [9.17, 15) is 4.79 Å². The Kier molecular flexibility index (Phi) is 8.58. The number of hydrogen-bond donors (Lipinski definition) is 1. The van der Waals surface area contributed by atoms with Gasteiger partial charge in [0, 0.05) is 58.2 Å². The van der Waals surface area contributed by atoms with Crippen LogP contribution in [-0.2, 0) is 28.9 Å². The molecule has 6 rings (SSSR count). The van der Waals surface area contributed by atoms with Gasteiger partial charge in [0.2, 0.25) is 5.91 Å². The van der Waals surface area contributed by atoms with Crippen LogP contribution in [0.3, 0.4) is 0 Å². The number of aromatic nitrogens is 2. The lowest BCUT2D eigenvalue weighted by Crippen LogP contribution is -2.42. The molecule has 7 nitrogen and oxygen atoms in total. The zero-order valence-electron chi connectivity index (χ0n) is 24.9. The molecule has 1 fully saturated rings. The highest BCUT2D eigenvalue weighted by molar-refractivity contribution is 5.80. The number of para-hydroxylation sites is 1. The van der Waals surface area contributed by atoms with E-state index in [1.54, 1.807) is 7.11 Å². The first-order valence-electron chi connectivity index (χ1n) is 15.3. The summed E-state index contributed by atoms with van der Waals surface area (Å²) in [6.45, 7) is 5.93. The van der Waals surface area contributed by atoms with Crippen molar-refractivity contribution in [3.8, 4) is 16.9 Å². The first-order chi connectivity index (χ1) is 20.5. The van der Waals surface area contributed by atoms with Gasteiger partial charge in [-0.05, 0) is 78.6 Å². The molecular weight excluding hydrogens is 524 g/mol. The van der Waals surface area contributed by atoms with Gasteiger partial charge in [-0.1, -0.05) is 42.5 Å². The van der Waals surface area contributed by atoms with Crippen LogP contribution >= 0.6 is 0 Å². The number of methoxy groups -OCH3 is 1. The molecule has 2 N–H and O–H groups in total. The molecular formula is C35H42N4O3. The highest BCUT2D eigenvalue weighted by Gasteiger charge is 2.29. The number of rotatable bonds is 10. The van der Waals surface area contributed by atoms with Crippen molar-refractivity contribution in [2.24, 2.45) is 5.73 Å². The number of benzene rings is 3. The summed E-state index contributed by atoms with van der Waals surface area (Å²) < 4.78 is 13.3. The van der Waals surface area contributed by atoms with E-state index < -0.39 is 0 Å². The highest BCUT2D eigenvalue weighted by Crippen LogP contribution is 2.32. The molecule has 0 saturated carbocycles. The Balaban J connectivity index is 1.09. The Morgan fingerprint density at radius 3 is 2.81 bits per heavy atom. The summed E-state index contributed by atoms with van der Waals surface area (Å²) in [5.41, 5.74) is 14.8. The van der Waals surface area contributed by atoms with Crippen molar-refractivity contribution in [2.75, 3.05) is 33.4 Å². The maximum atomic E-state index is 13.4. The van der Waals surface area contributed by atoms with Crippen LogP contribution in [0.2, 0.25) is 0 Å². The molecule has 2 unspecified atom stereocenters. The van der Waals surface area contributed by atoms with E-state index in [4.69, 9.17) is 20.2 Å². The third kappa shape index (κ3) is 6.08. The number of piperidine rings is 1. The van der Waals surface area contributed by atoms with Crippen molar-refractivity contribution in [3.63, 3.8) is 0 Å². The van der Waals surface area contributed by atoms with Gasteiger partial charge in [0.15, 0.2) is 0 Å². The van der Waals surface area contributed by atoms with E-state index in [0.29, 0.717) is 26.0 Å². The number of likely N-dealkylation sites (tertiary alicyclic amines) is 1. The number of hydrogen-bond acceptors (Lipinski definition) is 5. The van der Waals surface area contributed by atoms with Crippen molar-refractivity contribution < 1.29 is 14.3 Å². The van der Waals surface area contributed by atoms with Gasteiger partial charge in [-0.15, -0.1) is 0 Å². The number of ether oxygens (including phenoxy) is 2.